The van der Waals surface area contributed by atoms with Gasteiger partial charge in [-0.25, -0.2) is 0 Å². The summed E-state index contributed by atoms with van der Waals surface area (Å²) in [5.41, 5.74) is 0.672. The molecule has 5 heteroatoms. The van der Waals surface area contributed by atoms with Crippen LogP contribution in [0.25, 0.3) is 0 Å². The minimum atomic E-state index is 0.0323. The molecule has 0 N–H and O–H groups in total. The molecule has 0 spiro atoms. The Morgan fingerprint density at radius 1 is 0.952 bits per heavy atom. The largest absolute Gasteiger partial charge is 0.497 e. The number of benzene rings is 1. The van der Waals surface area contributed by atoms with Gasteiger partial charge >= 0.3 is 0 Å². The number of ether oxygens (including phenoxy) is 3. The van der Waals surface area contributed by atoms with E-state index in [2.05, 4.69) is 0 Å². The summed E-state index contributed by atoms with van der Waals surface area (Å²) in [6.07, 6.45) is 1.65. The normalized spacial score (nSPS) is 10.4. The van der Waals surface area contributed by atoms with E-state index in [0.717, 1.165) is 18.6 Å². The molecule has 21 heavy (non-hydrogen) atoms. The molecule has 0 unspecified atom stereocenters. The van der Waals surface area contributed by atoms with E-state index in [1.165, 1.54) is 0 Å². The molecule has 0 atom stereocenters. The van der Waals surface area contributed by atoms with Crippen molar-refractivity contribution in [2.45, 2.75) is 12.8 Å². The second-order valence-electron chi connectivity index (χ2n) is 4.71. The highest BCUT2D eigenvalue weighted by molar-refractivity contribution is 5.94. The van der Waals surface area contributed by atoms with Gasteiger partial charge in [0.05, 0.1) is 7.11 Å². The Balaban J connectivity index is 2.66. The molecular formula is C16H25NO4. The number of methoxy groups -OCH3 is 3. The predicted molar refractivity (Wildman–Crippen MR) is 81.9 cm³/mol. The molecule has 0 saturated heterocycles. The van der Waals surface area contributed by atoms with Gasteiger partial charge < -0.3 is 19.1 Å². The first-order chi connectivity index (χ1) is 10.2. The molecule has 0 bridgehead atoms. The summed E-state index contributed by atoms with van der Waals surface area (Å²) in [6.45, 7) is 2.66. The van der Waals surface area contributed by atoms with Crippen LogP contribution in [-0.2, 0) is 9.47 Å². The second-order valence-corrected chi connectivity index (χ2v) is 4.71. The molecule has 0 radical (unpaired) electrons. The predicted octanol–water partition coefficient (Wildman–Crippen LogP) is 2.21. The summed E-state index contributed by atoms with van der Waals surface area (Å²) in [5, 5.41) is 0. The van der Waals surface area contributed by atoms with Crippen LogP contribution < -0.4 is 4.74 Å². The fourth-order valence-electron chi connectivity index (χ4n) is 2.03. The average Bonchev–Trinajstić information content (AvgIpc) is 2.53. The highest BCUT2D eigenvalue weighted by atomic mass is 16.5. The van der Waals surface area contributed by atoms with Gasteiger partial charge in [-0.2, -0.15) is 0 Å². The van der Waals surface area contributed by atoms with Crippen LogP contribution in [0.2, 0.25) is 0 Å². The SMILES string of the molecule is COCCCN(CCCOC)C(=O)c1ccc(OC)cc1. The molecule has 0 aromatic heterocycles. The van der Waals surface area contributed by atoms with Gasteiger partial charge in [0, 0.05) is 46.1 Å². The summed E-state index contributed by atoms with van der Waals surface area (Å²) in [6, 6.07) is 7.19. The lowest BCUT2D eigenvalue weighted by molar-refractivity contribution is 0.0717. The average molecular weight is 295 g/mol. The Bertz CT molecular complexity index is 395. The van der Waals surface area contributed by atoms with Gasteiger partial charge in [0.2, 0.25) is 0 Å². The fraction of sp³-hybridized carbons (Fsp3) is 0.562. The van der Waals surface area contributed by atoms with E-state index in [4.69, 9.17) is 14.2 Å². The summed E-state index contributed by atoms with van der Waals surface area (Å²) >= 11 is 0. The smallest absolute Gasteiger partial charge is 0.253 e. The number of nitrogens with zero attached hydrogens (tertiary/aromatic N) is 1. The third-order valence-corrected chi connectivity index (χ3v) is 3.18. The van der Waals surface area contributed by atoms with Crippen molar-refractivity contribution in [1.82, 2.24) is 4.90 Å². The summed E-state index contributed by atoms with van der Waals surface area (Å²) in [7, 11) is 4.94. The second kappa shape index (κ2) is 10.2. The van der Waals surface area contributed by atoms with Crippen molar-refractivity contribution >= 4 is 5.91 Å². The molecule has 0 saturated carbocycles. The van der Waals surface area contributed by atoms with Crippen LogP contribution in [0.3, 0.4) is 0 Å². The molecule has 0 aliphatic carbocycles. The maximum absolute atomic E-state index is 12.5. The van der Waals surface area contributed by atoms with Crippen molar-refractivity contribution in [3.63, 3.8) is 0 Å². The number of carbonyl (C=O) groups is 1. The van der Waals surface area contributed by atoms with Crippen LogP contribution in [-0.4, -0.2) is 58.4 Å². The first-order valence-corrected chi connectivity index (χ1v) is 7.14. The summed E-state index contributed by atoms with van der Waals surface area (Å²) in [4.78, 5) is 14.4. The number of hydrogen-bond donors (Lipinski definition) is 0. The lowest BCUT2D eigenvalue weighted by Crippen LogP contribution is -2.34. The minimum absolute atomic E-state index is 0.0323. The van der Waals surface area contributed by atoms with Gasteiger partial charge in [0.15, 0.2) is 0 Å². The Kier molecular flexibility index (Phi) is 8.47. The molecular weight excluding hydrogens is 270 g/mol. The van der Waals surface area contributed by atoms with Crippen LogP contribution in [0.5, 0.6) is 5.75 Å². The molecule has 0 fully saturated rings. The molecule has 1 aromatic carbocycles. The number of amides is 1. The number of rotatable bonds is 10. The molecule has 118 valence electrons. The third kappa shape index (κ3) is 6.14. The molecule has 0 heterocycles. The zero-order valence-corrected chi connectivity index (χ0v) is 13.1. The highest BCUT2D eigenvalue weighted by Crippen LogP contribution is 2.13. The standard InChI is InChI=1S/C16H25NO4/c1-19-12-4-10-17(11-5-13-20-2)16(18)14-6-8-15(21-3)9-7-14/h6-9H,4-5,10-13H2,1-3H3. The topological polar surface area (TPSA) is 48.0 Å². The van der Waals surface area contributed by atoms with E-state index in [1.54, 1.807) is 45.6 Å². The molecule has 0 aliphatic rings. The Labute approximate surface area is 126 Å². The maximum atomic E-state index is 12.5. The van der Waals surface area contributed by atoms with Crippen LogP contribution in [0, 0.1) is 0 Å². The zero-order valence-electron chi connectivity index (χ0n) is 13.1. The van der Waals surface area contributed by atoms with Gasteiger partial charge in [-0.3, -0.25) is 4.79 Å². The number of carbonyl (C=O) groups excluding carboxylic acids is 1. The zero-order chi connectivity index (χ0) is 15.5. The van der Waals surface area contributed by atoms with E-state index in [-0.39, 0.29) is 5.91 Å². The van der Waals surface area contributed by atoms with Gasteiger partial charge in [0.1, 0.15) is 5.75 Å². The van der Waals surface area contributed by atoms with Crippen LogP contribution in [0.4, 0.5) is 0 Å². The third-order valence-electron chi connectivity index (χ3n) is 3.18. The van der Waals surface area contributed by atoms with Gasteiger partial charge in [-0.15, -0.1) is 0 Å². The number of hydrogen-bond acceptors (Lipinski definition) is 4. The van der Waals surface area contributed by atoms with E-state index in [1.807, 2.05) is 4.90 Å². The summed E-state index contributed by atoms with van der Waals surface area (Å²) < 4.78 is 15.2. The van der Waals surface area contributed by atoms with Gasteiger partial charge in [0.25, 0.3) is 5.91 Å². The quantitative estimate of drug-likeness (QED) is 0.621. The Morgan fingerprint density at radius 2 is 1.48 bits per heavy atom. The van der Waals surface area contributed by atoms with Crippen molar-refractivity contribution in [2.24, 2.45) is 0 Å². The van der Waals surface area contributed by atoms with Crippen LogP contribution >= 0.6 is 0 Å². The van der Waals surface area contributed by atoms with Crippen molar-refractivity contribution in [3.8, 4) is 5.75 Å². The lowest BCUT2D eigenvalue weighted by atomic mass is 10.1. The monoisotopic (exact) mass is 295 g/mol. The van der Waals surface area contributed by atoms with Crippen LogP contribution in [0.1, 0.15) is 23.2 Å². The molecule has 5 nitrogen and oxygen atoms in total. The van der Waals surface area contributed by atoms with Crippen molar-refractivity contribution in [3.05, 3.63) is 29.8 Å². The van der Waals surface area contributed by atoms with Gasteiger partial charge in [-0.05, 0) is 37.1 Å². The van der Waals surface area contributed by atoms with Crippen molar-refractivity contribution in [1.29, 1.82) is 0 Å². The molecule has 0 aliphatic heterocycles. The van der Waals surface area contributed by atoms with E-state index in [9.17, 15) is 4.79 Å². The highest BCUT2D eigenvalue weighted by Gasteiger charge is 2.15. The Morgan fingerprint density at radius 3 is 1.90 bits per heavy atom. The first-order valence-electron chi connectivity index (χ1n) is 7.14. The van der Waals surface area contributed by atoms with Gasteiger partial charge in [-0.1, -0.05) is 0 Å². The molecule has 1 aromatic rings. The minimum Gasteiger partial charge on any atom is -0.497 e. The van der Waals surface area contributed by atoms with Crippen molar-refractivity contribution < 1.29 is 19.0 Å². The van der Waals surface area contributed by atoms with E-state index in [0.29, 0.717) is 31.9 Å². The van der Waals surface area contributed by atoms with Crippen LogP contribution in [0.15, 0.2) is 24.3 Å². The van der Waals surface area contributed by atoms with Crippen molar-refractivity contribution in [2.75, 3.05) is 47.6 Å². The lowest BCUT2D eigenvalue weighted by Gasteiger charge is -2.22. The Hall–Kier alpha value is -1.59. The first kappa shape index (κ1) is 17.5. The molecule has 1 rings (SSSR count). The summed E-state index contributed by atoms with van der Waals surface area (Å²) in [5.74, 6) is 0.779. The van der Waals surface area contributed by atoms with E-state index >= 15 is 0 Å². The maximum Gasteiger partial charge on any atom is 0.253 e. The molecule has 1 amide bonds. The van der Waals surface area contributed by atoms with E-state index < -0.39 is 0 Å². The fourth-order valence-corrected chi connectivity index (χ4v) is 2.03.